The molecule has 0 spiro atoms. The van der Waals surface area contributed by atoms with Crippen LogP contribution in [0.25, 0.3) is 15.7 Å². The summed E-state index contributed by atoms with van der Waals surface area (Å²) in [7, 11) is 0. The van der Waals surface area contributed by atoms with Crippen LogP contribution in [0.1, 0.15) is 64.3 Å². The van der Waals surface area contributed by atoms with Crippen molar-refractivity contribution in [3.63, 3.8) is 0 Å². The average Bonchev–Trinajstić information content (AvgIpc) is 3.11. The van der Waals surface area contributed by atoms with E-state index in [-0.39, 0.29) is 17.7 Å². The number of aliphatic hydroxyl groups excluding tert-OH is 1. The summed E-state index contributed by atoms with van der Waals surface area (Å²) in [5.41, 5.74) is -1.08. The summed E-state index contributed by atoms with van der Waals surface area (Å²) >= 11 is 7.06. The number of halogens is 1. The molecule has 1 aromatic carbocycles. The predicted molar refractivity (Wildman–Crippen MR) is 124 cm³/mol. The maximum absolute atomic E-state index is 13.0. The predicted octanol–water partition coefficient (Wildman–Crippen LogP) is 5.17. The smallest absolute Gasteiger partial charge is 0.277 e. The maximum Gasteiger partial charge on any atom is 0.277 e. The SMILES string of the molecule is [C-]#[N+][C@]12C[C@@H](O)C(C)(C)c3[nH]c4cccc5c4c3[C@]1(O)[C@H](C[C@@H](Cl)[C@]2(C)C=C)C5(C)C. The summed E-state index contributed by atoms with van der Waals surface area (Å²) in [6, 6.07) is 6.20. The van der Waals surface area contributed by atoms with Crippen molar-refractivity contribution >= 4 is 22.5 Å². The molecule has 0 unspecified atom stereocenters. The highest BCUT2D eigenvalue weighted by Gasteiger charge is 2.80. The third-order valence-electron chi connectivity index (χ3n) is 9.47. The Balaban J connectivity index is 2.06. The first-order valence-corrected chi connectivity index (χ1v) is 11.5. The van der Waals surface area contributed by atoms with E-state index >= 15 is 0 Å². The lowest BCUT2D eigenvalue weighted by Gasteiger charge is -2.61. The van der Waals surface area contributed by atoms with Crippen LogP contribution < -0.4 is 0 Å². The molecule has 31 heavy (non-hydrogen) atoms. The van der Waals surface area contributed by atoms with E-state index in [0.717, 1.165) is 27.7 Å². The van der Waals surface area contributed by atoms with Crippen LogP contribution in [-0.2, 0) is 16.4 Å². The van der Waals surface area contributed by atoms with Gasteiger partial charge in [-0.2, -0.15) is 0 Å². The Labute approximate surface area is 189 Å². The van der Waals surface area contributed by atoms with Crippen molar-refractivity contribution in [2.24, 2.45) is 11.3 Å². The molecule has 0 amide bonds. The molecule has 0 radical (unpaired) electrons. The van der Waals surface area contributed by atoms with Gasteiger partial charge in [0.2, 0.25) is 0 Å². The number of nitrogens with zero attached hydrogens (tertiary/aromatic N) is 1. The number of hydrogen-bond acceptors (Lipinski definition) is 2. The Kier molecular flexibility index (Phi) is 3.91. The molecule has 164 valence electrons. The Morgan fingerprint density at radius 2 is 1.90 bits per heavy atom. The summed E-state index contributed by atoms with van der Waals surface area (Å²) in [6.07, 6.45) is 1.60. The van der Waals surface area contributed by atoms with Gasteiger partial charge in [-0.25, -0.2) is 6.57 Å². The van der Waals surface area contributed by atoms with Gasteiger partial charge in [-0.05, 0) is 30.4 Å². The van der Waals surface area contributed by atoms with E-state index in [4.69, 9.17) is 18.2 Å². The third-order valence-corrected chi connectivity index (χ3v) is 10.1. The first kappa shape index (κ1) is 21.1. The molecule has 1 aromatic heterocycles. The van der Waals surface area contributed by atoms with E-state index in [2.05, 4.69) is 36.3 Å². The lowest BCUT2D eigenvalue weighted by Crippen LogP contribution is -2.71. The summed E-state index contributed by atoms with van der Waals surface area (Å²) in [4.78, 5) is 7.78. The minimum Gasteiger partial charge on any atom is -0.392 e. The molecule has 1 heterocycles. The van der Waals surface area contributed by atoms with Crippen LogP contribution >= 0.6 is 11.6 Å². The van der Waals surface area contributed by atoms with E-state index in [9.17, 15) is 10.2 Å². The molecular formula is C26H31ClN2O2. The van der Waals surface area contributed by atoms with Gasteiger partial charge in [0.1, 0.15) is 0 Å². The van der Waals surface area contributed by atoms with Crippen LogP contribution in [0.15, 0.2) is 30.9 Å². The molecular weight excluding hydrogens is 408 g/mol. The number of aliphatic hydroxyl groups is 2. The second-order valence-electron chi connectivity index (χ2n) is 11.2. The second kappa shape index (κ2) is 5.76. The number of aromatic nitrogens is 1. The molecule has 3 aliphatic carbocycles. The molecule has 4 nitrogen and oxygen atoms in total. The number of benzene rings is 1. The van der Waals surface area contributed by atoms with Gasteiger partial charge < -0.3 is 20.0 Å². The Bertz CT molecular complexity index is 1170. The summed E-state index contributed by atoms with van der Waals surface area (Å²) in [5.74, 6) is -0.279. The van der Waals surface area contributed by atoms with Crippen LogP contribution in [0.4, 0.5) is 0 Å². The van der Waals surface area contributed by atoms with Gasteiger partial charge in [0.25, 0.3) is 5.54 Å². The van der Waals surface area contributed by atoms with Crippen molar-refractivity contribution in [1.82, 2.24) is 4.98 Å². The highest BCUT2D eigenvalue weighted by atomic mass is 35.5. The zero-order valence-corrected chi connectivity index (χ0v) is 19.6. The van der Waals surface area contributed by atoms with Crippen LogP contribution in [0.3, 0.4) is 0 Å². The zero-order valence-electron chi connectivity index (χ0n) is 18.9. The van der Waals surface area contributed by atoms with E-state index in [1.165, 1.54) is 0 Å². The fraction of sp³-hybridized carbons (Fsp3) is 0.577. The lowest BCUT2D eigenvalue weighted by molar-refractivity contribution is -0.167. The second-order valence-corrected chi connectivity index (χ2v) is 11.8. The molecule has 5 heteroatoms. The minimum atomic E-state index is -1.48. The van der Waals surface area contributed by atoms with Gasteiger partial charge in [-0.1, -0.05) is 45.9 Å². The van der Waals surface area contributed by atoms with Crippen LogP contribution in [0.2, 0.25) is 0 Å². The van der Waals surface area contributed by atoms with Gasteiger partial charge in [0.05, 0.1) is 23.3 Å². The van der Waals surface area contributed by atoms with Crippen molar-refractivity contribution in [3.8, 4) is 0 Å². The molecule has 0 aliphatic heterocycles. The van der Waals surface area contributed by atoms with Gasteiger partial charge in [0.15, 0.2) is 5.60 Å². The molecule has 1 fully saturated rings. The number of nitrogens with one attached hydrogen (secondary N) is 1. The Hall–Kier alpha value is -1.80. The standard InChI is InChI=1S/C26H31ClN2O2/c1-8-24(6)17(27)12-16-22(2,3)14-10-9-11-15-19(14)20-21(29-15)23(4,5)18(30)13-25(24,28-7)26(16,20)31/h8-11,16-18,29-31H,1,12-13H2,2-6H3/t16-,17-,18-,24+,25+,26-/m1/s1. The van der Waals surface area contributed by atoms with E-state index < -0.39 is 33.5 Å². The molecule has 6 atom stereocenters. The fourth-order valence-electron chi connectivity index (χ4n) is 7.24. The largest absolute Gasteiger partial charge is 0.392 e. The van der Waals surface area contributed by atoms with Gasteiger partial charge in [0, 0.05) is 33.5 Å². The molecule has 5 rings (SSSR count). The van der Waals surface area contributed by atoms with Crippen LogP contribution in [0.5, 0.6) is 0 Å². The van der Waals surface area contributed by atoms with Crippen LogP contribution in [-0.4, -0.2) is 32.2 Å². The first-order valence-electron chi connectivity index (χ1n) is 11.1. The number of alkyl halides is 1. The minimum absolute atomic E-state index is 0.129. The quantitative estimate of drug-likeness (QED) is 0.327. The van der Waals surface area contributed by atoms with Crippen molar-refractivity contribution in [3.05, 3.63) is 59.1 Å². The number of H-pyrrole nitrogens is 1. The first-order chi connectivity index (χ1) is 14.3. The molecule has 0 bridgehead atoms. The normalized spacial score (nSPS) is 42.0. The number of rotatable bonds is 1. The monoisotopic (exact) mass is 438 g/mol. The van der Waals surface area contributed by atoms with E-state index in [1.807, 2.05) is 32.9 Å². The number of aromatic amines is 1. The van der Waals surface area contributed by atoms with Crippen molar-refractivity contribution in [1.29, 1.82) is 0 Å². The summed E-state index contributed by atoms with van der Waals surface area (Å²) < 4.78 is 0. The Morgan fingerprint density at radius 1 is 1.23 bits per heavy atom. The molecule has 1 saturated carbocycles. The molecule has 3 N–H and O–H groups in total. The molecule has 2 aromatic rings. The highest BCUT2D eigenvalue weighted by Crippen LogP contribution is 2.71. The topological polar surface area (TPSA) is 60.6 Å². The van der Waals surface area contributed by atoms with Crippen LogP contribution in [0, 0.1) is 17.9 Å². The fourth-order valence-corrected chi connectivity index (χ4v) is 7.69. The Morgan fingerprint density at radius 3 is 2.52 bits per heavy atom. The molecule has 0 saturated heterocycles. The van der Waals surface area contributed by atoms with Crippen molar-refractivity contribution in [2.45, 2.75) is 80.9 Å². The third kappa shape index (κ3) is 1.97. The van der Waals surface area contributed by atoms with Crippen molar-refractivity contribution in [2.75, 3.05) is 0 Å². The van der Waals surface area contributed by atoms with Gasteiger partial charge >= 0.3 is 0 Å². The number of hydrogen-bond donors (Lipinski definition) is 3. The van der Waals surface area contributed by atoms with E-state index in [0.29, 0.717) is 6.42 Å². The van der Waals surface area contributed by atoms with Gasteiger partial charge in [-0.15, -0.1) is 18.2 Å². The van der Waals surface area contributed by atoms with E-state index in [1.54, 1.807) is 6.08 Å². The lowest BCUT2D eigenvalue weighted by atomic mass is 9.43. The van der Waals surface area contributed by atoms with Crippen molar-refractivity contribution < 1.29 is 10.2 Å². The average molecular weight is 439 g/mol. The van der Waals surface area contributed by atoms with Gasteiger partial charge in [-0.3, -0.25) is 0 Å². The summed E-state index contributed by atoms with van der Waals surface area (Å²) in [6.45, 7) is 22.8. The summed E-state index contributed by atoms with van der Waals surface area (Å²) in [5, 5.41) is 25.1. The maximum atomic E-state index is 13.0. The highest BCUT2D eigenvalue weighted by molar-refractivity contribution is 6.21. The zero-order chi connectivity index (χ0) is 22.8. The molecule has 3 aliphatic rings.